The van der Waals surface area contributed by atoms with E-state index >= 15 is 0 Å². The summed E-state index contributed by atoms with van der Waals surface area (Å²) in [6.45, 7) is 11.1. The molecule has 4 atom stereocenters. The maximum Gasteiger partial charge on any atom is 0.138 e. The third-order valence-corrected chi connectivity index (χ3v) is 7.73. The number of phenols is 1. The van der Waals surface area contributed by atoms with Crippen LogP contribution in [0, 0.1) is 23.2 Å². The van der Waals surface area contributed by atoms with Crippen LogP contribution in [-0.2, 0) is 16.6 Å². The van der Waals surface area contributed by atoms with E-state index in [1.54, 1.807) is 13.2 Å². The van der Waals surface area contributed by atoms with Crippen LogP contribution >= 0.6 is 0 Å². The minimum atomic E-state index is -0.235. The van der Waals surface area contributed by atoms with E-state index in [0.717, 1.165) is 43.4 Å². The Kier molecular flexibility index (Phi) is 4.87. The Labute approximate surface area is 158 Å². The van der Waals surface area contributed by atoms with Crippen molar-refractivity contribution in [3.8, 4) is 11.5 Å². The van der Waals surface area contributed by atoms with Crippen molar-refractivity contribution in [2.24, 2.45) is 23.2 Å². The van der Waals surface area contributed by atoms with Gasteiger partial charge in [0.1, 0.15) is 17.3 Å². The van der Waals surface area contributed by atoms with Crippen LogP contribution in [0.3, 0.4) is 0 Å². The lowest BCUT2D eigenvalue weighted by Gasteiger charge is -2.43. The van der Waals surface area contributed by atoms with Gasteiger partial charge in [0, 0.05) is 23.5 Å². The van der Waals surface area contributed by atoms with Gasteiger partial charge in [-0.15, -0.1) is 0 Å². The van der Waals surface area contributed by atoms with Crippen LogP contribution in [0.25, 0.3) is 0 Å². The van der Waals surface area contributed by atoms with Crippen LogP contribution in [0.4, 0.5) is 0 Å². The molecule has 0 radical (unpaired) electrons. The van der Waals surface area contributed by atoms with Crippen molar-refractivity contribution in [1.29, 1.82) is 0 Å². The van der Waals surface area contributed by atoms with Gasteiger partial charge in [-0.2, -0.15) is 0 Å². The summed E-state index contributed by atoms with van der Waals surface area (Å²) in [5.41, 5.74) is 2.02. The zero-order chi connectivity index (χ0) is 19.3. The molecule has 26 heavy (non-hydrogen) atoms. The SMILES string of the molecule is COc1cc(O)c2c(c1)C[C@H](C)[C@@]2(C)CC[C@@H]1[C@H](C)CCC(=O)C1(C)C. The number of carbonyl (C=O) groups excluding carboxylic acids is 1. The molecule has 0 heterocycles. The van der Waals surface area contributed by atoms with Gasteiger partial charge < -0.3 is 9.84 Å². The number of ether oxygens (including phenoxy) is 1. The van der Waals surface area contributed by atoms with Crippen molar-refractivity contribution in [3.63, 3.8) is 0 Å². The van der Waals surface area contributed by atoms with Crippen molar-refractivity contribution in [2.45, 2.75) is 72.1 Å². The molecular weight excluding hydrogens is 324 g/mol. The topological polar surface area (TPSA) is 46.5 Å². The molecule has 0 unspecified atom stereocenters. The van der Waals surface area contributed by atoms with E-state index in [1.807, 2.05) is 0 Å². The fourth-order valence-electron chi connectivity index (χ4n) is 5.67. The molecule has 1 aromatic carbocycles. The van der Waals surface area contributed by atoms with Gasteiger partial charge in [-0.3, -0.25) is 4.79 Å². The van der Waals surface area contributed by atoms with E-state index in [2.05, 4.69) is 40.7 Å². The minimum Gasteiger partial charge on any atom is -0.507 e. The molecule has 1 aromatic rings. The lowest BCUT2D eigenvalue weighted by molar-refractivity contribution is -0.135. The van der Waals surface area contributed by atoms with Crippen molar-refractivity contribution >= 4 is 5.78 Å². The first kappa shape index (κ1) is 19.3. The van der Waals surface area contributed by atoms with Crippen molar-refractivity contribution in [1.82, 2.24) is 0 Å². The number of fused-ring (bicyclic) bond motifs is 1. The number of hydrogen-bond acceptors (Lipinski definition) is 3. The zero-order valence-electron chi connectivity index (χ0n) is 17.2. The Hall–Kier alpha value is -1.51. The number of aromatic hydroxyl groups is 1. The van der Waals surface area contributed by atoms with Gasteiger partial charge in [-0.25, -0.2) is 0 Å². The highest BCUT2D eigenvalue weighted by atomic mass is 16.5. The molecule has 1 saturated carbocycles. The fourth-order valence-corrected chi connectivity index (χ4v) is 5.67. The van der Waals surface area contributed by atoms with E-state index in [9.17, 15) is 9.90 Å². The molecular formula is C23H34O3. The quantitative estimate of drug-likeness (QED) is 0.797. The number of methoxy groups -OCH3 is 1. The van der Waals surface area contributed by atoms with Crippen molar-refractivity contribution in [3.05, 3.63) is 23.3 Å². The predicted octanol–water partition coefficient (Wildman–Crippen LogP) is 5.27. The molecule has 2 aliphatic rings. The summed E-state index contributed by atoms with van der Waals surface area (Å²) in [5.74, 6) is 2.96. The highest BCUT2D eigenvalue weighted by molar-refractivity contribution is 5.85. The van der Waals surface area contributed by atoms with Gasteiger partial charge in [0.05, 0.1) is 7.11 Å². The Morgan fingerprint density at radius 2 is 1.92 bits per heavy atom. The molecule has 0 aromatic heterocycles. The van der Waals surface area contributed by atoms with E-state index < -0.39 is 0 Å². The molecule has 144 valence electrons. The van der Waals surface area contributed by atoms with Crippen LogP contribution < -0.4 is 4.74 Å². The molecule has 2 aliphatic carbocycles. The Morgan fingerprint density at radius 1 is 1.23 bits per heavy atom. The summed E-state index contributed by atoms with van der Waals surface area (Å²) in [6, 6.07) is 3.82. The number of Topliss-reactive ketones (excluding diaryl/α,β-unsaturated/α-hetero) is 1. The minimum absolute atomic E-state index is 0.0536. The average Bonchev–Trinajstić information content (AvgIpc) is 2.82. The predicted molar refractivity (Wildman–Crippen MR) is 105 cm³/mol. The van der Waals surface area contributed by atoms with Crippen LogP contribution in [-0.4, -0.2) is 18.0 Å². The molecule has 3 heteroatoms. The second-order valence-corrected chi connectivity index (χ2v) is 9.51. The van der Waals surface area contributed by atoms with Gasteiger partial charge in [-0.1, -0.05) is 34.6 Å². The number of phenolic OH excluding ortho intramolecular Hbond substituents is 1. The van der Waals surface area contributed by atoms with Crippen LogP contribution in [0.1, 0.15) is 71.4 Å². The molecule has 1 N–H and O–H groups in total. The van der Waals surface area contributed by atoms with Gasteiger partial charge in [0.15, 0.2) is 0 Å². The maximum absolute atomic E-state index is 12.5. The maximum atomic E-state index is 12.5. The zero-order valence-corrected chi connectivity index (χ0v) is 17.2. The summed E-state index contributed by atoms with van der Waals surface area (Å²) < 4.78 is 5.33. The third-order valence-electron chi connectivity index (χ3n) is 7.73. The monoisotopic (exact) mass is 358 g/mol. The fraction of sp³-hybridized carbons (Fsp3) is 0.696. The first-order valence-corrected chi connectivity index (χ1v) is 10.0. The Morgan fingerprint density at radius 3 is 2.58 bits per heavy atom. The summed E-state index contributed by atoms with van der Waals surface area (Å²) in [6.07, 6.45) is 4.75. The molecule has 0 saturated heterocycles. The second kappa shape index (κ2) is 6.58. The highest BCUT2D eigenvalue weighted by Gasteiger charge is 2.47. The summed E-state index contributed by atoms with van der Waals surface area (Å²) in [7, 11) is 1.64. The van der Waals surface area contributed by atoms with Gasteiger partial charge in [0.25, 0.3) is 0 Å². The molecule has 0 amide bonds. The summed E-state index contributed by atoms with van der Waals surface area (Å²) in [5, 5.41) is 10.7. The van der Waals surface area contributed by atoms with Crippen LogP contribution in [0.5, 0.6) is 11.5 Å². The van der Waals surface area contributed by atoms with E-state index in [1.165, 1.54) is 5.56 Å². The van der Waals surface area contributed by atoms with Crippen molar-refractivity contribution < 1.29 is 14.6 Å². The lowest BCUT2D eigenvalue weighted by Crippen LogP contribution is -2.42. The van der Waals surface area contributed by atoms with Crippen LogP contribution in [0.15, 0.2) is 12.1 Å². The first-order valence-electron chi connectivity index (χ1n) is 10.0. The van der Waals surface area contributed by atoms with E-state index in [0.29, 0.717) is 29.3 Å². The van der Waals surface area contributed by atoms with Gasteiger partial charge in [0.2, 0.25) is 0 Å². The molecule has 3 nitrogen and oxygen atoms in total. The largest absolute Gasteiger partial charge is 0.507 e. The lowest BCUT2D eigenvalue weighted by atomic mass is 9.60. The Balaban J connectivity index is 1.87. The number of benzene rings is 1. The molecule has 0 aliphatic heterocycles. The molecule has 0 bridgehead atoms. The number of carbonyl (C=O) groups is 1. The third kappa shape index (κ3) is 2.93. The number of rotatable bonds is 4. The Bertz CT molecular complexity index is 706. The standard InChI is InChI=1S/C23H34O3/c1-14-7-8-20(25)22(3,4)18(14)9-10-23(5)15(2)11-16-12-17(26-6)13-19(24)21(16)23/h12-15,18,24H,7-11H2,1-6H3/t14-,15+,18-,23-/m1/s1. The van der Waals surface area contributed by atoms with Gasteiger partial charge >= 0.3 is 0 Å². The average molecular weight is 359 g/mol. The molecule has 0 spiro atoms. The summed E-state index contributed by atoms with van der Waals surface area (Å²) in [4.78, 5) is 12.5. The number of hydrogen-bond donors (Lipinski definition) is 1. The van der Waals surface area contributed by atoms with E-state index in [-0.39, 0.29) is 10.8 Å². The normalized spacial score (nSPS) is 33.2. The first-order chi connectivity index (χ1) is 12.1. The van der Waals surface area contributed by atoms with Crippen LogP contribution in [0.2, 0.25) is 0 Å². The van der Waals surface area contributed by atoms with Gasteiger partial charge in [-0.05, 0) is 60.5 Å². The second-order valence-electron chi connectivity index (χ2n) is 9.51. The molecule has 1 fully saturated rings. The number of ketones is 1. The van der Waals surface area contributed by atoms with E-state index in [4.69, 9.17) is 4.74 Å². The van der Waals surface area contributed by atoms with Crippen molar-refractivity contribution in [2.75, 3.05) is 7.11 Å². The smallest absolute Gasteiger partial charge is 0.138 e. The summed E-state index contributed by atoms with van der Waals surface area (Å²) >= 11 is 0. The highest BCUT2D eigenvalue weighted by Crippen LogP contribution is 2.53. The molecule has 3 rings (SSSR count).